The van der Waals surface area contributed by atoms with Crippen LogP contribution in [0.4, 0.5) is 0 Å². The number of halogens is 1. The van der Waals surface area contributed by atoms with Gasteiger partial charge in [-0.3, -0.25) is 4.99 Å². The fourth-order valence-corrected chi connectivity index (χ4v) is 3.49. The van der Waals surface area contributed by atoms with Crippen molar-refractivity contribution >= 4 is 29.9 Å². The second-order valence-electron chi connectivity index (χ2n) is 6.56. The van der Waals surface area contributed by atoms with Crippen LogP contribution in [0, 0.1) is 5.92 Å². The number of nitrogens with one attached hydrogen (secondary N) is 1. The van der Waals surface area contributed by atoms with Gasteiger partial charge in [-0.15, -0.1) is 24.0 Å². The van der Waals surface area contributed by atoms with Crippen LogP contribution in [0.15, 0.2) is 4.99 Å². The minimum absolute atomic E-state index is 0. The molecule has 0 aromatic heterocycles. The molecule has 2 aliphatic carbocycles. The summed E-state index contributed by atoms with van der Waals surface area (Å²) in [6.07, 6.45) is 10.7. The lowest BCUT2D eigenvalue weighted by atomic mass is 9.97. The number of guanidine groups is 1. The van der Waals surface area contributed by atoms with Gasteiger partial charge in [-0.2, -0.15) is 0 Å². The van der Waals surface area contributed by atoms with Gasteiger partial charge in [-0.05, 0) is 57.5 Å². The van der Waals surface area contributed by atoms with Crippen molar-refractivity contribution in [2.24, 2.45) is 16.6 Å². The quantitative estimate of drug-likeness (QED) is 0.439. The lowest BCUT2D eigenvalue weighted by Gasteiger charge is -2.31. The zero-order valence-corrected chi connectivity index (χ0v) is 14.7. The fourth-order valence-electron chi connectivity index (χ4n) is 3.49. The van der Waals surface area contributed by atoms with Crippen LogP contribution < -0.4 is 11.1 Å². The molecular formula is C15H29IN4. The summed E-state index contributed by atoms with van der Waals surface area (Å²) in [5.74, 6) is 1.43. The van der Waals surface area contributed by atoms with Crippen molar-refractivity contribution in [3.63, 3.8) is 0 Å². The van der Waals surface area contributed by atoms with E-state index in [0.29, 0.717) is 12.0 Å². The van der Waals surface area contributed by atoms with Crippen molar-refractivity contribution in [3.8, 4) is 0 Å². The minimum Gasteiger partial charge on any atom is -0.370 e. The number of aliphatic imine (C=N–C) groups is 1. The molecule has 3 fully saturated rings. The minimum atomic E-state index is 0. The van der Waals surface area contributed by atoms with Crippen LogP contribution in [0.1, 0.15) is 51.4 Å². The Morgan fingerprint density at radius 3 is 2.30 bits per heavy atom. The van der Waals surface area contributed by atoms with Crippen LogP contribution in [0.2, 0.25) is 0 Å². The number of nitrogens with two attached hydrogens (primary N) is 1. The first-order chi connectivity index (χ1) is 9.31. The normalized spacial score (nSPS) is 26.5. The van der Waals surface area contributed by atoms with Crippen molar-refractivity contribution in [1.82, 2.24) is 10.2 Å². The summed E-state index contributed by atoms with van der Waals surface area (Å²) in [7, 11) is 0. The number of rotatable bonds is 4. The molecule has 0 aromatic rings. The number of piperidine rings is 1. The van der Waals surface area contributed by atoms with Gasteiger partial charge in [0, 0.05) is 18.6 Å². The third-order valence-corrected chi connectivity index (χ3v) is 4.94. The fraction of sp³-hybridized carbons (Fsp3) is 0.933. The molecule has 1 heterocycles. The van der Waals surface area contributed by atoms with Gasteiger partial charge in [0.25, 0.3) is 0 Å². The SMILES string of the molecule is I.NC(=NCC1CCN(C2CC2)CC1)NC1CCCC1. The predicted molar refractivity (Wildman–Crippen MR) is 94.6 cm³/mol. The van der Waals surface area contributed by atoms with Gasteiger partial charge < -0.3 is 16.0 Å². The van der Waals surface area contributed by atoms with Crippen LogP contribution in [0.5, 0.6) is 0 Å². The smallest absolute Gasteiger partial charge is 0.188 e. The molecule has 1 saturated heterocycles. The standard InChI is InChI=1S/C15H28N4.HI/c16-15(18-13-3-1-2-4-13)17-11-12-7-9-19(10-8-12)14-5-6-14;/h12-14H,1-11H2,(H3,16,17,18);1H. The monoisotopic (exact) mass is 392 g/mol. The summed E-state index contributed by atoms with van der Waals surface area (Å²) in [4.78, 5) is 7.23. The predicted octanol–water partition coefficient (Wildman–Crippen LogP) is 2.33. The van der Waals surface area contributed by atoms with Crippen molar-refractivity contribution in [1.29, 1.82) is 0 Å². The second kappa shape index (κ2) is 7.82. The van der Waals surface area contributed by atoms with Crippen LogP contribution in [-0.2, 0) is 0 Å². The molecule has 3 aliphatic rings. The topological polar surface area (TPSA) is 53.6 Å². The first-order valence-corrected chi connectivity index (χ1v) is 8.12. The molecule has 0 bridgehead atoms. The van der Waals surface area contributed by atoms with Crippen molar-refractivity contribution < 1.29 is 0 Å². The summed E-state index contributed by atoms with van der Waals surface area (Å²) in [5.41, 5.74) is 5.98. The Bertz CT molecular complexity index is 316. The van der Waals surface area contributed by atoms with Gasteiger partial charge >= 0.3 is 0 Å². The Morgan fingerprint density at radius 2 is 1.70 bits per heavy atom. The van der Waals surface area contributed by atoms with Crippen molar-refractivity contribution in [2.45, 2.75) is 63.5 Å². The maximum atomic E-state index is 5.98. The lowest BCUT2D eigenvalue weighted by Crippen LogP contribution is -2.39. The van der Waals surface area contributed by atoms with E-state index >= 15 is 0 Å². The molecule has 116 valence electrons. The molecule has 0 aromatic carbocycles. The van der Waals surface area contributed by atoms with E-state index in [0.717, 1.165) is 18.5 Å². The Balaban J connectivity index is 0.00000147. The number of hydrogen-bond acceptors (Lipinski definition) is 2. The van der Waals surface area contributed by atoms with Crippen LogP contribution in [0.3, 0.4) is 0 Å². The number of likely N-dealkylation sites (tertiary alicyclic amines) is 1. The Hall–Kier alpha value is -0.0400. The molecule has 2 saturated carbocycles. The Labute approximate surface area is 140 Å². The van der Waals surface area contributed by atoms with E-state index in [-0.39, 0.29) is 24.0 Å². The zero-order valence-electron chi connectivity index (χ0n) is 12.4. The molecule has 0 spiro atoms. The highest BCUT2D eigenvalue weighted by molar-refractivity contribution is 14.0. The molecule has 1 aliphatic heterocycles. The summed E-state index contributed by atoms with van der Waals surface area (Å²) in [6.45, 7) is 3.48. The molecule has 3 N–H and O–H groups in total. The molecule has 0 radical (unpaired) electrons. The van der Waals surface area contributed by atoms with Crippen LogP contribution in [0.25, 0.3) is 0 Å². The van der Waals surface area contributed by atoms with E-state index in [1.165, 1.54) is 64.5 Å². The van der Waals surface area contributed by atoms with E-state index in [1.54, 1.807) is 0 Å². The molecular weight excluding hydrogens is 363 g/mol. The maximum absolute atomic E-state index is 5.98. The van der Waals surface area contributed by atoms with Crippen molar-refractivity contribution in [3.05, 3.63) is 0 Å². The molecule has 4 nitrogen and oxygen atoms in total. The van der Waals surface area contributed by atoms with E-state index in [4.69, 9.17) is 5.73 Å². The third kappa shape index (κ3) is 4.76. The Morgan fingerprint density at radius 1 is 1.05 bits per heavy atom. The average Bonchev–Trinajstić information content (AvgIpc) is 3.16. The lowest BCUT2D eigenvalue weighted by molar-refractivity contribution is 0.179. The molecule has 0 atom stereocenters. The molecule has 5 heteroatoms. The largest absolute Gasteiger partial charge is 0.370 e. The highest BCUT2D eigenvalue weighted by atomic mass is 127. The first-order valence-electron chi connectivity index (χ1n) is 8.12. The van der Waals surface area contributed by atoms with Gasteiger partial charge in [0.15, 0.2) is 5.96 Å². The van der Waals surface area contributed by atoms with Gasteiger partial charge in [0.2, 0.25) is 0 Å². The highest BCUT2D eigenvalue weighted by Crippen LogP contribution is 2.30. The van der Waals surface area contributed by atoms with Gasteiger partial charge in [0.1, 0.15) is 0 Å². The molecule has 20 heavy (non-hydrogen) atoms. The van der Waals surface area contributed by atoms with Gasteiger partial charge in [-0.1, -0.05) is 12.8 Å². The number of hydrogen-bond donors (Lipinski definition) is 2. The average molecular weight is 392 g/mol. The maximum Gasteiger partial charge on any atom is 0.188 e. The molecule has 0 amide bonds. The number of nitrogens with zero attached hydrogens (tertiary/aromatic N) is 2. The van der Waals surface area contributed by atoms with E-state index < -0.39 is 0 Å². The van der Waals surface area contributed by atoms with Gasteiger partial charge in [-0.25, -0.2) is 0 Å². The second-order valence-corrected chi connectivity index (χ2v) is 6.56. The van der Waals surface area contributed by atoms with E-state index in [2.05, 4.69) is 15.2 Å². The molecule has 3 rings (SSSR count). The van der Waals surface area contributed by atoms with Crippen LogP contribution in [-0.4, -0.2) is 42.6 Å². The van der Waals surface area contributed by atoms with E-state index in [9.17, 15) is 0 Å². The summed E-state index contributed by atoms with van der Waals surface area (Å²) in [6, 6.07) is 1.51. The Kier molecular flexibility index (Phi) is 6.39. The summed E-state index contributed by atoms with van der Waals surface area (Å²) in [5, 5.41) is 3.37. The third-order valence-electron chi connectivity index (χ3n) is 4.94. The van der Waals surface area contributed by atoms with Gasteiger partial charge in [0.05, 0.1) is 0 Å². The first kappa shape index (κ1) is 16.3. The summed E-state index contributed by atoms with van der Waals surface area (Å²) < 4.78 is 0. The highest BCUT2D eigenvalue weighted by Gasteiger charge is 2.31. The zero-order chi connectivity index (χ0) is 13.1. The molecule has 0 unspecified atom stereocenters. The van der Waals surface area contributed by atoms with E-state index in [1.807, 2.05) is 0 Å². The van der Waals surface area contributed by atoms with Crippen LogP contribution >= 0.6 is 24.0 Å². The van der Waals surface area contributed by atoms with Crippen molar-refractivity contribution in [2.75, 3.05) is 19.6 Å². The summed E-state index contributed by atoms with van der Waals surface area (Å²) >= 11 is 0.